The third kappa shape index (κ3) is 3.32. The average molecular weight is 397 g/mol. The molecule has 5 nitrogen and oxygen atoms in total. The second kappa shape index (κ2) is 7.15. The van der Waals surface area contributed by atoms with Gasteiger partial charge in [0.1, 0.15) is 12.7 Å². The highest BCUT2D eigenvalue weighted by Gasteiger charge is 2.52. The molecule has 2 aliphatic carbocycles. The summed E-state index contributed by atoms with van der Waals surface area (Å²) in [6.45, 7) is 2.73. The molecule has 1 N–H and O–H groups in total. The Balaban J connectivity index is 1.25. The second-order valence-corrected chi connectivity index (χ2v) is 8.99. The number of amides is 2. The molecule has 1 saturated heterocycles. The zero-order chi connectivity index (χ0) is 20.1. The third-order valence-electron chi connectivity index (χ3n) is 7.08. The van der Waals surface area contributed by atoms with Gasteiger partial charge in [0, 0.05) is 29.8 Å². The van der Waals surface area contributed by atoms with Gasteiger partial charge in [-0.05, 0) is 56.0 Å². The molecule has 154 valence electrons. The molecule has 2 amide bonds. The Hall–Kier alpha value is -2.37. The quantitative estimate of drug-likeness (QED) is 0.842. The fourth-order valence-electron chi connectivity index (χ4n) is 5.52. The lowest BCUT2D eigenvalue weighted by atomic mass is 10.0. The minimum atomic E-state index is -0.969. The molecule has 2 aromatic rings. The lowest BCUT2D eigenvalue weighted by Gasteiger charge is -2.30. The van der Waals surface area contributed by atoms with Gasteiger partial charge in [-0.3, -0.25) is 9.59 Å². The van der Waals surface area contributed by atoms with Crippen LogP contribution in [-0.4, -0.2) is 46.1 Å². The zero-order valence-corrected chi connectivity index (χ0v) is 16.8. The van der Waals surface area contributed by atoms with Gasteiger partial charge in [0.25, 0.3) is 0 Å². The first-order chi connectivity index (χ1) is 14.0. The van der Waals surface area contributed by atoms with Gasteiger partial charge in [0.2, 0.25) is 11.8 Å². The fourth-order valence-corrected chi connectivity index (χ4v) is 5.52. The highest BCUT2D eigenvalue weighted by Crippen LogP contribution is 2.45. The van der Waals surface area contributed by atoms with Gasteiger partial charge >= 0.3 is 0 Å². The number of para-hydroxylation sites is 1. The van der Waals surface area contributed by atoms with Crippen LogP contribution in [-0.2, 0) is 16.1 Å². The third-order valence-corrected chi connectivity index (χ3v) is 7.08. The van der Waals surface area contributed by atoms with Gasteiger partial charge in [-0.25, -0.2) is 4.39 Å². The topological polar surface area (TPSA) is 54.3 Å². The van der Waals surface area contributed by atoms with E-state index in [2.05, 4.69) is 11.4 Å². The molecule has 2 saturated carbocycles. The molecular weight excluding hydrogens is 369 g/mol. The minimum Gasteiger partial charge on any atom is -0.352 e. The van der Waals surface area contributed by atoms with Gasteiger partial charge in [0.05, 0.1) is 5.92 Å². The van der Waals surface area contributed by atoms with E-state index in [9.17, 15) is 14.0 Å². The number of benzene rings is 1. The first-order valence-corrected chi connectivity index (χ1v) is 10.8. The lowest BCUT2D eigenvalue weighted by molar-refractivity contribution is -0.136. The van der Waals surface area contributed by atoms with Crippen molar-refractivity contribution in [2.75, 3.05) is 6.54 Å². The summed E-state index contributed by atoms with van der Waals surface area (Å²) in [4.78, 5) is 27.5. The normalized spacial score (nSPS) is 30.6. The highest BCUT2D eigenvalue weighted by molar-refractivity contribution is 5.85. The van der Waals surface area contributed by atoms with E-state index in [4.69, 9.17) is 0 Å². The maximum absolute atomic E-state index is 13.5. The summed E-state index contributed by atoms with van der Waals surface area (Å²) in [5, 5.41) is 4.18. The van der Waals surface area contributed by atoms with E-state index in [0.717, 1.165) is 42.3 Å². The number of hydrogen-bond acceptors (Lipinski definition) is 2. The van der Waals surface area contributed by atoms with Crippen molar-refractivity contribution in [3.05, 3.63) is 36.0 Å². The largest absolute Gasteiger partial charge is 0.352 e. The molecule has 3 fully saturated rings. The predicted molar refractivity (Wildman–Crippen MR) is 109 cm³/mol. The maximum atomic E-state index is 13.5. The van der Waals surface area contributed by atoms with Crippen LogP contribution in [0.4, 0.5) is 4.39 Å². The van der Waals surface area contributed by atoms with Crippen molar-refractivity contribution in [3.8, 4) is 0 Å². The number of nitrogens with one attached hydrogen (secondary N) is 1. The van der Waals surface area contributed by atoms with E-state index >= 15 is 0 Å². The summed E-state index contributed by atoms with van der Waals surface area (Å²) in [6, 6.07) is 10.4. The molecule has 0 spiro atoms. The first kappa shape index (κ1) is 18.6. The van der Waals surface area contributed by atoms with Gasteiger partial charge in [0.15, 0.2) is 0 Å². The number of carbonyl (C=O) groups is 2. The Morgan fingerprint density at radius 3 is 2.79 bits per heavy atom. The van der Waals surface area contributed by atoms with E-state index < -0.39 is 12.1 Å². The van der Waals surface area contributed by atoms with Crippen molar-refractivity contribution in [3.63, 3.8) is 0 Å². The molecule has 1 aromatic heterocycles. The molecule has 2 heterocycles. The van der Waals surface area contributed by atoms with Gasteiger partial charge in [-0.2, -0.15) is 0 Å². The first-order valence-electron chi connectivity index (χ1n) is 10.8. The van der Waals surface area contributed by atoms with E-state index in [0.29, 0.717) is 18.9 Å². The number of alkyl halides is 1. The number of likely N-dealkylation sites (tertiary alicyclic amines) is 1. The molecule has 6 heteroatoms. The molecule has 0 bridgehead atoms. The van der Waals surface area contributed by atoms with Crippen LogP contribution in [0.15, 0.2) is 30.3 Å². The van der Waals surface area contributed by atoms with Gasteiger partial charge in [-0.1, -0.05) is 24.6 Å². The summed E-state index contributed by atoms with van der Waals surface area (Å²) < 4.78 is 15.5. The number of aryl methyl sites for hydroxylation is 1. The van der Waals surface area contributed by atoms with E-state index in [-0.39, 0.29) is 30.4 Å². The standard InChI is InChI=1S/C23H28FN3O2/c1-14-9-15-5-2-3-7-20(15)26(14)13-22(28)25-12-17-10-16-6-4-8-21(16)27(17)23(29)18-11-19(18)24/h2-3,5,7,9,16-19,21H,4,6,8,10-13H2,1H3,(H,25,28)/t16-,17-,18-,19+,21-/m0/s1. The average Bonchev–Trinajstić information content (AvgIpc) is 3.02. The second-order valence-electron chi connectivity index (χ2n) is 8.99. The lowest BCUT2D eigenvalue weighted by Crippen LogP contribution is -2.47. The van der Waals surface area contributed by atoms with E-state index in [1.165, 1.54) is 0 Å². The summed E-state index contributed by atoms with van der Waals surface area (Å²) >= 11 is 0. The Kier molecular flexibility index (Phi) is 4.60. The molecule has 1 aromatic carbocycles. The van der Waals surface area contributed by atoms with Crippen LogP contribution in [0.5, 0.6) is 0 Å². The summed E-state index contributed by atoms with van der Waals surface area (Å²) in [7, 11) is 0. The molecule has 1 aliphatic heterocycles. The van der Waals surface area contributed by atoms with Crippen molar-refractivity contribution < 1.29 is 14.0 Å². The molecule has 0 unspecified atom stereocenters. The van der Waals surface area contributed by atoms with Crippen LogP contribution in [0.25, 0.3) is 10.9 Å². The number of rotatable bonds is 5. The SMILES string of the molecule is Cc1cc2ccccc2n1CC(=O)NC[C@@H]1C[C@@H]2CCC[C@@H]2N1C(=O)[C@H]1C[C@H]1F. The van der Waals surface area contributed by atoms with Gasteiger partial charge in [-0.15, -0.1) is 0 Å². The molecule has 29 heavy (non-hydrogen) atoms. The van der Waals surface area contributed by atoms with Crippen LogP contribution in [0.2, 0.25) is 0 Å². The zero-order valence-electron chi connectivity index (χ0n) is 16.8. The number of fused-ring (bicyclic) bond motifs is 2. The van der Waals surface area contributed by atoms with E-state index in [1.807, 2.05) is 40.7 Å². The van der Waals surface area contributed by atoms with Gasteiger partial charge < -0.3 is 14.8 Å². The van der Waals surface area contributed by atoms with Crippen molar-refractivity contribution >= 4 is 22.7 Å². The van der Waals surface area contributed by atoms with Crippen LogP contribution < -0.4 is 5.32 Å². The highest BCUT2D eigenvalue weighted by atomic mass is 19.1. The smallest absolute Gasteiger partial charge is 0.240 e. The molecule has 3 aliphatic rings. The van der Waals surface area contributed by atoms with Crippen molar-refractivity contribution in [2.45, 2.75) is 63.8 Å². The fraction of sp³-hybridized carbons (Fsp3) is 0.565. The molecule has 0 radical (unpaired) electrons. The molecule has 5 atom stereocenters. The number of aromatic nitrogens is 1. The maximum Gasteiger partial charge on any atom is 0.240 e. The summed E-state index contributed by atoms with van der Waals surface area (Å²) in [5.74, 6) is -0.0122. The van der Waals surface area contributed by atoms with Crippen LogP contribution in [0.3, 0.4) is 0 Å². The van der Waals surface area contributed by atoms with Crippen LogP contribution >= 0.6 is 0 Å². The number of halogens is 1. The Bertz CT molecular complexity index is 955. The monoisotopic (exact) mass is 397 g/mol. The predicted octanol–water partition coefficient (Wildman–Crippen LogP) is 3.19. The van der Waals surface area contributed by atoms with Crippen LogP contribution in [0.1, 0.15) is 37.8 Å². The van der Waals surface area contributed by atoms with Crippen molar-refractivity contribution in [2.24, 2.45) is 11.8 Å². The number of carbonyl (C=O) groups excluding carboxylic acids is 2. The summed E-state index contributed by atoms with van der Waals surface area (Å²) in [6.07, 6.45) is 3.61. The molecular formula is C23H28FN3O2. The van der Waals surface area contributed by atoms with Crippen LogP contribution in [0, 0.1) is 18.8 Å². The Morgan fingerprint density at radius 2 is 2.00 bits per heavy atom. The number of hydrogen-bond donors (Lipinski definition) is 1. The van der Waals surface area contributed by atoms with Crippen molar-refractivity contribution in [1.29, 1.82) is 0 Å². The minimum absolute atomic E-state index is 0.00273. The summed E-state index contributed by atoms with van der Waals surface area (Å²) in [5.41, 5.74) is 2.10. The molecule has 5 rings (SSSR count). The van der Waals surface area contributed by atoms with E-state index in [1.54, 1.807) is 0 Å². The van der Waals surface area contributed by atoms with Crippen molar-refractivity contribution in [1.82, 2.24) is 14.8 Å². The number of nitrogens with zero attached hydrogens (tertiary/aromatic N) is 2. The Morgan fingerprint density at radius 1 is 1.21 bits per heavy atom. The Labute approximate surface area is 170 Å².